The van der Waals surface area contributed by atoms with Gasteiger partial charge < -0.3 is 4.42 Å². The zero-order valence-corrected chi connectivity index (χ0v) is 11.4. The minimum absolute atomic E-state index is 0.951. The number of furan rings is 1. The normalized spacial score (nSPS) is 17.7. The number of rotatable bonds is 2. The van der Waals surface area contributed by atoms with Crippen LogP contribution in [0.5, 0.6) is 0 Å². The van der Waals surface area contributed by atoms with Crippen LogP contribution in [0.4, 0.5) is 0 Å². The summed E-state index contributed by atoms with van der Waals surface area (Å²) in [4.78, 5) is 2.48. The van der Waals surface area contributed by atoms with E-state index in [1.807, 2.05) is 12.1 Å². The molecule has 3 heteroatoms. The van der Waals surface area contributed by atoms with Gasteiger partial charge in [0.1, 0.15) is 11.3 Å². The fourth-order valence-corrected chi connectivity index (χ4v) is 2.86. The van der Waals surface area contributed by atoms with E-state index >= 15 is 0 Å². The second-order valence-electron chi connectivity index (χ2n) is 4.73. The van der Waals surface area contributed by atoms with Crippen molar-refractivity contribution in [2.75, 3.05) is 13.1 Å². The molecule has 1 aliphatic heterocycles. The number of hydrogen-bond donors (Lipinski definition) is 0. The van der Waals surface area contributed by atoms with Crippen LogP contribution in [0.1, 0.15) is 25.0 Å². The number of halogens is 1. The summed E-state index contributed by atoms with van der Waals surface area (Å²) < 4.78 is 6.97. The lowest BCUT2D eigenvalue weighted by molar-refractivity contribution is 0.207. The molecule has 1 fully saturated rings. The van der Waals surface area contributed by atoms with Crippen molar-refractivity contribution in [3.63, 3.8) is 0 Å². The maximum absolute atomic E-state index is 5.86. The van der Waals surface area contributed by atoms with Gasteiger partial charge in [-0.3, -0.25) is 4.90 Å². The van der Waals surface area contributed by atoms with E-state index < -0.39 is 0 Å². The lowest BCUT2D eigenvalue weighted by Gasteiger charge is -2.25. The van der Waals surface area contributed by atoms with Gasteiger partial charge in [-0.05, 0) is 50.2 Å². The zero-order valence-electron chi connectivity index (χ0n) is 9.79. The maximum Gasteiger partial charge on any atom is 0.134 e. The highest BCUT2D eigenvalue weighted by Crippen LogP contribution is 2.24. The van der Waals surface area contributed by atoms with Crippen LogP contribution in [-0.4, -0.2) is 18.0 Å². The fourth-order valence-electron chi connectivity index (χ4n) is 2.49. The molecule has 1 aliphatic rings. The summed E-state index contributed by atoms with van der Waals surface area (Å²) in [6, 6.07) is 8.32. The summed E-state index contributed by atoms with van der Waals surface area (Å²) >= 11 is 3.49. The molecule has 1 aromatic carbocycles. The molecule has 3 rings (SSSR count). The predicted octanol–water partition coefficient (Wildman–Crippen LogP) is 4.18. The Morgan fingerprint density at radius 3 is 2.76 bits per heavy atom. The first-order valence-corrected chi connectivity index (χ1v) is 7.01. The van der Waals surface area contributed by atoms with Gasteiger partial charge in [0.25, 0.3) is 0 Å². The van der Waals surface area contributed by atoms with Crippen molar-refractivity contribution in [3.8, 4) is 0 Å². The average molecular weight is 294 g/mol. The third-order valence-corrected chi connectivity index (χ3v) is 3.85. The molecule has 1 aromatic heterocycles. The van der Waals surface area contributed by atoms with Gasteiger partial charge >= 0.3 is 0 Å². The Morgan fingerprint density at radius 1 is 1.12 bits per heavy atom. The van der Waals surface area contributed by atoms with Crippen molar-refractivity contribution >= 4 is 26.9 Å². The smallest absolute Gasteiger partial charge is 0.134 e. The van der Waals surface area contributed by atoms with Gasteiger partial charge in [0.05, 0.1) is 6.54 Å². The lowest BCUT2D eigenvalue weighted by atomic mass is 10.1. The molecule has 0 spiro atoms. The largest absolute Gasteiger partial charge is 0.460 e. The van der Waals surface area contributed by atoms with Crippen molar-refractivity contribution in [3.05, 3.63) is 34.5 Å². The molecular formula is C14H16BrNO. The highest BCUT2D eigenvalue weighted by atomic mass is 79.9. The van der Waals surface area contributed by atoms with E-state index in [0.29, 0.717) is 0 Å². The molecule has 0 aliphatic carbocycles. The Bertz CT molecular complexity index is 514. The highest BCUT2D eigenvalue weighted by Gasteiger charge is 2.13. The molecular weight excluding hydrogens is 278 g/mol. The zero-order chi connectivity index (χ0) is 11.7. The number of hydrogen-bond acceptors (Lipinski definition) is 2. The van der Waals surface area contributed by atoms with E-state index in [1.54, 1.807) is 0 Å². The Balaban J connectivity index is 1.80. The highest BCUT2D eigenvalue weighted by molar-refractivity contribution is 9.10. The lowest BCUT2D eigenvalue weighted by Crippen LogP contribution is -2.28. The first kappa shape index (κ1) is 11.3. The quantitative estimate of drug-likeness (QED) is 0.826. The first-order valence-electron chi connectivity index (χ1n) is 6.21. The van der Waals surface area contributed by atoms with Crippen LogP contribution < -0.4 is 0 Å². The summed E-state index contributed by atoms with van der Waals surface area (Å²) in [5.41, 5.74) is 0.986. The van der Waals surface area contributed by atoms with Crippen molar-refractivity contribution in [2.24, 2.45) is 0 Å². The molecule has 2 aromatic rings. The second-order valence-corrected chi connectivity index (χ2v) is 5.65. The molecule has 0 saturated carbocycles. The molecule has 0 atom stereocenters. The Kier molecular flexibility index (Phi) is 3.21. The summed E-state index contributed by atoms with van der Waals surface area (Å²) in [6.45, 7) is 3.37. The topological polar surface area (TPSA) is 16.4 Å². The van der Waals surface area contributed by atoms with Crippen molar-refractivity contribution in [2.45, 2.75) is 25.8 Å². The molecule has 0 N–H and O–H groups in total. The Hall–Kier alpha value is -0.800. The SMILES string of the molecule is Brc1ccc2oc(CN3CCCCC3)cc2c1. The molecule has 2 nitrogen and oxygen atoms in total. The molecule has 2 heterocycles. The van der Waals surface area contributed by atoms with Crippen LogP contribution in [0.15, 0.2) is 33.2 Å². The molecule has 0 radical (unpaired) electrons. The van der Waals surface area contributed by atoms with Gasteiger partial charge in [-0.15, -0.1) is 0 Å². The summed E-state index contributed by atoms with van der Waals surface area (Å²) in [7, 11) is 0. The third kappa shape index (κ3) is 2.55. The number of fused-ring (bicyclic) bond motifs is 1. The van der Waals surface area contributed by atoms with Crippen molar-refractivity contribution in [1.29, 1.82) is 0 Å². The van der Waals surface area contributed by atoms with E-state index in [2.05, 4.69) is 33.0 Å². The number of piperidine rings is 1. The predicted molar refractivity (Wildman–Crippen MR) is 73.0 cm³/mol. The molecule has 0 amide bonds. The molecule has 0 bridgehead atoms. The van der Waals surface area contributed by atoms with E-state index in [0.717, 1.165) is 22.4 Å². The number of likely N-dealkylation sites (tertiary alicyclic amines) is 1. The van der Waals surface area contributed by atoms with Crippen LogP contribution in [0.25, 0.3) is 11.0 Å². The van der Waals surface area contributed by atoms with Gasteiger partial charge in [0.2, 0.25) is 0 Å². The van der Waals surface area contributed by atoms with Gasteiger partial charge in [0.15, 0.2) is 0 Å². The molecule has 90 valence electrons. The van der Waals surface area contributed by atoms with Gasteiger partial charge in [-0.1, -0.05) is 22.4 Å². The van der Waals surface area contributed by atoms with Crippen molar-refractivity contribution < 1.29 is 4.42 Å². The minimum atomic E-state index is 0.951. The van der Waals surface area contributed by atoms with E-state index in [4.69, 9.17) is 4.42 Å². The van der Waals surface area contributed by atoms with Gasteiger partial charge in [-0.2, -0.15) is 0 Å². The number of benzene rings is 1. The van der Waals surface area contributed by atoms with E-state index in [9.17, 15) is 0 Å². The van der Waals surface area contributed by atoms with Crippen molar-refractivity contribution in [1.82, 2.24) is 4.90 Å². The fraction of sp³-hybridized carbons (Fsp3) is 0.429. The van der Waals surface area contributed by atoms with Crippen LogP contribution >= 0.6 is 15.9 Å². The van der Waals surface area contributed by atoms with Crippen LogP contribution in [0.3, 0.4) is 0 Å². The van der Waals surface area contributed by atoms with E-state index in [-0.39, 0.29) is 0 Å². The minimum Gasteiger partial charge on any atom is -0.460 e. The number of nitrogens with zero attached hydrogens (tertiary/aromatic N) is 1. The third-order valence-electron chi connectivity index (χ3n) is 3.36. The summed E-state index contributed by atoms with van der Waals surface area (Å²) in [5, 5.41) is 1.19. The summed E-state index contributed by atoms with van der Waals surface area (Å²) in [6.07, 6.45) is 4.03. The van der Waals surface area contributed by atoms with Crippen LogP contribution in [-0.2, 0) is 6.54 Å². The molecule has 17 heavy (non-hydrogen) atoms. The first-order chi connectivity index (χ1) is 8.31. The molecule has 0 unspecified atom stereocenters. The standard InChI is InChI=1S/C14H16BrNO/c15-12-4-5-14-11(8-12)9-13(17-14)10-16-6-2-1-3-7-16/h4-5,8-9H,1-3,6-7,10H2. The monoisotopic (exact) mass is 293 g/mol. The Morgan fingerprint density at radius 2 is 1.94 bits per heavy atom. The van der Waals surface area contributed by atoms with Gasteiger partial charge in [0, 0.05) is 9.86 Å². The summed E-state index contributed by atoms with van der Waals surface area (Å²) in [5.74, 6) is 1.08. The van der Waals surface area contributed by atoms with Gasteiger partial charge in [-0.25, -0.2) is 0 Å². The van der Waals surface area contributed by atoms with Crippen LogP contribution in [0, 0.1) is 0 Å². The average Bonchev–Trinajstić information content (AvgIpc) is 2.71. The van der Waals surface area contributed by atoms with Crippen LogP contribution in [0.2, 0.25) is 0 Å². The Labute approximate surface area is 110 Å². The second kappa shape index (κ2) is 4.83. The van der Waals surface area contributed by atoms with E-state index in [1.165, 1.54) is 37.7 Å². The molecule has 1 saturated heterocycles. The maximum atomic E-state index is 5.86.